The van der Waals surface area contributed by atoms with E-state index in [0.29, 0.717) is 6.33 Å². The number of rotatable bonds is 1. The topological polar surface area (TPSA) is 23.5 Å². The molecule has 2 rings (SSSR count). The molecule has 2 aliphatic rings. The van der Waals surface area contributed by atoms with Crippen LogP contribution < -0.4 is 0 Å². The van der Waals surface area contributed by atoms with E-state index in [9.17, 15) is 9.50 Å². The standard InChI is InChI=1S/C9H14FNO.C2H6/c10-5-8-4-9(7-12)2-1-3-11(9)6-8;1-2/h5,12H,1-4,6-7H2;1-2H3/b8-5-;/t9-;/m1./s1. The van der Waals surface area contributed by atoms with Crippen LogP contribution in [0.4, 0.5) is 4.39 Å². The molecule has 2 nitrogen and oxygen atoms in total. The molecule has 2 saturated heterocycles. The number of hydrogen-bond donors (Lipinski definition) is 1. The van der Waals surface area contributed by atoms with Crippen LogP contribution in [0.1, 0.15) is 33.1 Å². The number of hydrogen-bond acceptors (Lipinski definition) is 2. The third-order valence-corrected chi connectivity index (χ3v) is 3.14. The molecule has 3 heteroatoms. The molecule has 0 aromatic carbocycles. The second-order valence-corrected chi connectivity index (χ2v) is 3.85. The second kappa shape index (κ2) is 4.89. The molecule has 2 aliphatic heterocycles. The van der Waals surface area contributed by atoms with Gasteiger partial charge in [-0.05, 0) is 31.4 Å². The van der Waals surface area contributed by atoms with Gasteiger partial charge in [-0.3, -0.25) is 4.90 Å². The van der Waals surface area contributed by atoms with Crippen molar-refractivity contribution in [1.29, 1.82) is 0 Å². The maximum absolute atomic E-state index is 12.2. The number of halogens is 1. The molecule has 0 aromatic heterocycles. The highest BCUT2D eigenvalue weighted by molar-refractivity contribution is 5.18. The van der Waals surface area contributed by atoms with Crippen LogP contribution in [0.25, 0.3) is 0 Å². The lowest BCUT2D eigenvalue weighted by atomic mass is 9.94. The summed E-state index contributed by atoms with van der Waals surface area (Å²) in [5, 5.41) is 9.25. The van der Waals surface area contributed by atoms with Crippen LogP contribution in [0.5, 0.6) is 0 Å². The van der Waals surface area contributed by atoms with Gasteiger partial charge in [0.25, 0.3) is 0 Å². The second-order valence-electron chi connectivity index (χ2n) is 3.85. The fraction of sp³-hybridized carbons (Fsp3) is 0.818. The monoisotopic (exact) mass is 201 g/mol. The van der Waals surface area contributed by atoms with E-state index in [1.807, 2.05) is 13.8 Å². The number of fused-ring (bicyclic) bond motifs is 1. The predicted molar refractivity (Wildman–Crippen MR) is 55.8 cm³/mol. The Morgan fingerprint density at radius 1 is 1.57 bits per heavy atom. The Morgan fingerprint density at radius 3 is 2.79 bits per heavy atom. The van der Waals surface area contributed by atoms with Gasteiger partial charge in [-0.2, -0.15) is 0 Å². The van der Waals surface area contributed by atoms with Crippen molar-refractivity contribution in [3.05, 3.63) is 11.9 Å². The molecule has 0 unspecified atom stereocenters. The zero-order valence-electron chi connectivity index (χ0n) is 9.09. The molecule has 0 saturated carbocycles. The first kappa shape index (κ1) is 11.7. The minimum Gasteiger partial charge on any atom is -0.394 e. The van der Waals surface area contributed by atoms with Crippen molar-refractivity contribution in [3.8, 4) is 0 Å². The van der Waals surface area contributed by atoms with E-state index in [-0.39, 0.29) is 12.1 Å². The fourth-order valence-electron chi connectivity index (χ4n) is 2.47. The molecule has 0 aliphatic carbocycles. The summed E-state index contributed by atoms with van der Waals surface area (Å²) in [6.07, 6.45) is 3.58. The molecule has 0 spiro atoms. The first-order chi connectivity index (χ1) is 6.80. The maximum atomic E-state index is 12.2. The van der Waals surface area contributed by atoms with Gasteiger partial charge in [0.2, 0.25) is 0 Å². The molecule has 0 amide bonds. The summed E-state index contributed by atoms with van der Waals surface area (Å²) in [5.41, 5.74) is 0.738. The predicted octanol–water partition coefficient (Wildman–Crippen LogP) is 2.10. The number of aliphatic hydroxyl groups excluding tert-OH is 1. The van der Waals surface area contributed by atoms with Crippen molar-refractivity contribution in [1.82, 2.24) is 4.90 Å². The highest BCUT2D eigenvalue weighted by Gasteiger charge is 2.45. The van der Waals surface area contributed by atoms with Crippen LogP contribution >= 0.6 is 0 Å². The Morgan fingerprint density at radius 2 is 2.29 bits per heavy atom. The van der Waals surface area contributed by atoms with Crippen molar-refractivity contribution < 1.29 is 9.50 Å². The molecule has 1 N–H and O–H groups in total. The zero-order valence-corrected chi connectivity index (χ0v) is 9.09. The van der Waals surface area contributed by atoms with Gasteiger partial charge in [0.1, 0.15) is 0 Å². The summed E-state index contributed by atoms with van der Waals surface area (Å²) in [6.45, 7) is 5.90. The van der Waals surface area contributed by atoms with Crippen LogP contribution in [0.15, 0.2) is 11.9 Å². The van der Waals surface area contributed by atoms with Crippen molar-refractivity contribution >= 4 is 0 Å². The molecule has 0 aromatic rings. The highest BCUT2D eigenvalue weighted by Crippen LogP contribution is 2.40. The van der Waals surface area contributed by atoms with Gasteiger partial charge in [0, 0.05) is 12.1 Å². The number of aliphatic hydroxyl groups is 1. The maximum Gasteiger partial charge on any atom is 0.0872 e. The third-order valence-electron chi connectivity index (χ3n) is 3.14. The van der Waals surface area contributed by atoms with E-state index >= 15 is 0 Å². The Hall–Kier alpha value is -0.410. The zero-order chi connectivity index (χ0) is 10.6. The Balaban J connectivity index is 0.000000461. The molecule has 82 valence electrons. The highest BCUT2D eigenvalue weighted by atomic mass is 19.1. The van der Waals surface area contributed by atoms with Crippen LogP contribution in [-0.2, 0) is 0 Å². The van der Waals surface area contributed by atoms with E-state index in [1.165, 1.54) is 0 Å². The van der Waals surface area contributed by atoms with Gasteiger partial charge in [0.05, 0.1) is 12.9 Å². The van der Waals surface area contributed by atoms with Crippen molar-refractivity contribution in [2.24, 2.45) is 0 Å². The normalized spacial score (nSPS) is 34.1. The van der Waals surface area contributed by atoms with E-state index in [0.717, 1.165) is 37.9 Å². The minimum atomic E-state index is -0.0993. The van der Waals surface area contributed by atoms with Gasteiger partial charge in [-0.15, -0.1) is 0 Å². The molecular formula is C11H20FNO. The van der Waals surface area contributed by atoms with Crippen molar-refractivity contribution in [2.45, 2.75) is 38.6 Å². The van der Waals surface area contributed by atoms with Gasteiger partial charge < -0.3 is 5.11 Å². The van der Waals surface area contributed by atoms with Gasteiger partial charge in [0.15, 0.2) is 0 Å². The first-order valence-electron chi connectivity index (χ1n) is 5.45. The molecular weight excluding hydrogens is 181 g/mol. The quantitative estimate of drug-likeness (QED) is 0.702. The lowest BCUT2D eigenvalue weighted by Gasteiger charge is -2.28. The number of nitrogens with zero attached hydrogens (tertiary/aromatic N) is 1. The van der Waals surface area contributed by atoms with E-state index in [2.05, 4.69) is 4.90 Å². The summed E-state index contributed by atoms with van der Waals surface area (Å²) >= 11 is 0. The Kier molecular flexibility index (Phi) is 4.08. The summed E-state index contributed by atoms with van der Waals surface area (Å²) in [6, 6.07) is 0. The lowest BCUT2D eigenvalue weighted by molar-refractivity contribution is 0.1000. The Bertz CT molecular complexity index is 217. The molecule has 14 heavy (non-hydrogen) atoms. The van der Waals surface area contributed by atoms with Crippen LogP contribution in [0, 0.1) is 0 Å². The van der Waals surface area contributed by atoms with Gasteiger partial charge in [-0.25, -0.2) is 4.39 Å². The summed E-state index contributed by atoms with van der Waals surface area (Å²) in [4.78, 5) is 2.21. The van der Waals surface area contributed by atoms with E-state index < -0.39 is 0 Å². The largest absolute Gasteiger partial charge is 0.394 e. The lowest BCUT2D eigenvalue weighted by Crippen LogP contribution is -2.41. The van der Waals surface area contributed by atoms with Crippen molar-refractivity contribution in [3.63, 3.8) is 0 Å². The van der Waals surface area contributed by atoms with Crippen molar-refractivity contribution in [2.75, 3.05) is 19.7 Å². The first-order valence-corrected chi connectivity index (χ1v) is 5.45. The molecule has 2 fully saturated rings. The summed E-state index contributed by atoms with van der Waals surface area (Å²) in [5.74, 6) is 0. The minimum absolute atomic E-state index is 0.0993. The van der Waals surface area contributed by atoms with E-state index in [4.69, 9.17) is 0 Å². The Labute approximate surface area is 85.4 Å². The fourth-order valence-corrected chi connectivity index (χ4v) is 2.47. The van der Waals surface area contributed by atoms with Gasteiger partial charge >= 0.3 is 0 Å². The molecule has 0 bridgehead atoms. The van der Waals surface area contributed by atoms with Crippen LogP contribution in [-0.4, -0.2) is 35.2 Å². The molecule has 2 heterocycles. The van der Waals surface area contributed by atoms with Crippen LogP contribution in [0.3, 0.4) is 0 Å². The van der Waals surface area contributed by atoms with E-state index in [1.54, 1.807) is 0 Å². The van der Waals surface area contributed by atoms with Gasteiger partial charge in [-0.1, -0.05) is 13.8 Å². The summed E-state index contributed by atoms with van der Waals surface area (Å²) < 4.78 is 12.2. The smallest absolute Gasteiger partial charge is 0.0872 e. The average Bonchev–Trinajstić information content (AvgIpc) is 2.76. The molecule has 1 atom stereocenters. The molecule has 0 radical (unpaired) electrons. The third kappa shape index (κ3) is 1.84. The average molecular weight is 201 g/mol. The van der Waals surface area contributed by atoms with Crippen LogP contribution in [0.2, 0.25) is 0 Å². The summed E-state index contributed by atoms with van der Waals surface area (Å²) in [7, 11) is 0. The SMILES string of the molecule is CC.OC[C@]12CCCN1C/C(=C\F)C2.